The van der Waals surface area contributed by atoms with Gasteiger partial charge in [-0.15, -0.1) is 0 Å². The van der Waals surface area contributed by atoms with Crippen LogP contribution in [0.3, 0.4) is 0 Å². The summed E-state index contributed by atoms with van der Waals surface area (Å²) in [6, 6.07) is 0.863. The summed E-state index contributed by atoms with van der Waals surface area (Å²) < 4.78 is 0. The third-order valence-corrected chi connectivity index (χ3v) is 4.64. The highest BCUT2D eigenvalue weighted by molar-refractivity contribution is 5.74. The first-order valence-corrected chi connectivity index (χ1v) is 8.04. The van der Waals surface area contributed by atoms with E-state index >= 15 is 0 Å². The van der Waals surface area contributed by atoms with Crippen LogP contribution in [0.2, 0.25) is 0 Å². The lowest BCUT2D eigenvalue weighted by molar-refractivity contribution is 0.156. The van der Waals surface area contributed by atoms with Gasteiger partial charge in [0.25, 0.3) is 0 Å². The summed E-state index contributed by atoms with van der Waals surface area (Å²) in [6.07, 6.45) is 6.07. The molecule has 0 radical (unpaired) electrons. The number of amides is 2. The van der Waals surface area contributed by atoms with E-state index in [0.29, 0.717) is 6.04 Å². The Morgan fingerprint density at radius 1 is 1.00 bits per heavy atom. The molecule has 2 aliphatic heterocycles. The van der Waals surface area contributed by atoms with Gasteiger partial charge in [0.15, 0.2) is 0 Å². The Morgan fingerprint density at radius 3 is 2.21 bits per heavy atom. The van der Waals surface area contributed by atoms with E-state index in [4.69, 9.17) is 0 Å². The number of carbonyl (C=O) groups excluding carboxylic acids is 1. The van der Waals surface area contributed by atoms with Crippen molar-refractivity contribution >= 4 is 6.03 Å². The van der Waals surface area contributed by atoms with Gasteiger partial charge in [-0.05, 0) is 32.4 Å². The molecule has 0 aliphatic carbocycles. The molecule has 2 heterocycles. The molecule has 2 aliphatic rings. The maximum atomic E-state index is 12.5. The third kappa shape index (κ3) is 3.62. The fraction of sp³-hybridized carbons (Fsp3) is 0.933. The maximum absolute atomic E-state index is 12.5. The van der Waals surface area contributed by atoms with E-state index in [2.05, 4.69) is 28.5 Å². The summed E-state index contributed by atoms with van der Waals surface area (Å²) in [7, 11) is 0. The molecule has 4 heteroatoms. The smallest absolute Gasteiger partial charge is 0.320 e. The molecule has 19 heavy (non-hydrogen) atoms. The first-order valence-electron chi connectivity index (χ1n) is 8.04. The summed E-state index contributed by atoms with van der Waals surface area (Å²) in [5.74, 6) is 0. The highest BCUT2D eigenvalue weighted by Crippen LogP contribution is 2.19. The SMILES string of the molecule is CCN(CC)C1CCN(C(=O)N2CCCCCC2)C1. The number of nitrogens with zero attached hydrogens (tertiary/aromatic N) is 3. The molecule has 110 valence electrons. The van der Waals surface area contributed by atoms with E-state index in [1.54, 1.807) is 0 Å². The average Bonchev–Trinajstić information content (AvgIpc) is 2.75. The lowest BCUT2D eigenvalue weighted by atomic mass is 10.2. The highest BCUT2D eigenvalue weighted by Gasteiger charge is 2.31. The number of urea groups is 1. The molecular weight excluding hydrogens is 238 g/mol. The number of hydrogen-bond donors (Lipinski definition) is 0. The Hall–Kier alpha value is -0.770. The lowest BCUT2D eigenvalue weighted by Crippen LogP contribution is -2.44. The zero-order chi connectivity index (χ0) is 13.7. The van der Waals surface area contributed by atoms with Crippen LogP contribution in [-0.2, 0) is 0 Å². The molecule has 2 rings (SSSR count). The minimum atomic E-state index is 0.288. The van der Waals surface area contributed by atoms with E-state index in [9.17, 15) is 4.79 Å². The predicted molar refractivity (Wildman–Crippen MR) is 78.3 cm³/mol. The van der Waals surface area contributed by atoms with E-state index in [1.165, 1.54) is 25.7 Å². The van der Waals surface area contributed by atoms with Gasteiger partial charge in [-0.2, -0.15) is 0 Å². The predicted octanol–water partition coefficient (Wildman–Crippen LogP) is 2.40. The highest BCUT2D eigenvalue weighted by atomic mass is 16.2. The largest absolute Gasteiger partial charge is 0.325 e. The Balaban J connectivity index is 1.87. The average molecular weight is 267 g/mol. The summed E-state index contributed by atoms with van der Waals surface area (Å²) in [5, 5.41) is 0. The zero-order valence-electron chi connectivity index (χ0n) is 12.6. The first kappa shape index (κ1) is 14.6. The molecule has 0 aromatic heterocycles. The van der Waals surface area contributed by atoms with Crippen LogP contribution in [0, 0.1) is 0 Å². The van der Waals surface area contributed by atoms with Gasteiger partial charge < -0.3 is 9.80 Å². The topological polar surface area (TPSA) is 26.8 Å². The second-order valence-corrected chi connectivity index (χ2v) is 5.79. The monoisotopic (exact) mass is 267 g/mol. The van der Waals surface area contributed by atoms with Gasteiger partial charge in [0, 0.05) is 32.2 Å². The van der Waals surface area contributed by atoms with Crippen molar-refractivity contribution in [3.05, 3.63) is 0 Å². The number of likely N-dealkylation sites (tertiary alicyclic amines) is 2. The number of rotatable bonds is 3. The van der Waals surface area contributed by atoms with E-state index < -0.39 is 0 Å². The van der Waals surface area contributed by atoms with Crippen LogP contribution in [0.5, 0.6) is 0 Å². The standard InChI is InChI=1S/C15H29N3O/c1-3-16(4-2)14-9-12-18(13-14)15(19)17-10-7-5-6-8-11-17/h14H,3-13H2,1-2H3. The second kappa shape index (κ2) is 7.13. The number of hydrogen-bond acceptors (Lipinski definition) is 2. The van der Waals surface area contributed by atoms with E-state index in [0.717, 1.165) is 45.7 Å². The van der Waals surface area contributed by atoms with Crippen LogP contribution in [-0.4, -0.2) is 66.0 Å². The van der Waals surface area contributed by atoms with Crippen molar-refractivity contribution in [1.82, 2.24) is 14.7 Å². The van der Waals surface area contributed by atoms with Gasteiger partial charge in [0.05, 0.1) is 0 Å². The fourth-order valence-corrected chi connectivity index (χ4v) is 3.42. The van der Waals surface area contributed by atoms with Crippen LogP contribution in [0.25, 0.3) is 0 Å². The fourth-order valence-electron chi connectivity index (χ4n) is 3.42. The molecule has 2 saturated heterocycles. The maximum Gasteiger partial charge on any atom is 0.320 e. The minimum Gasteiger partial charge on any atom is -0.325 e. The first-order chi connectivity index (χ1) is 9.26. The summed E-state index contributed by atoms with van der Waals surface area (Å²) >= 11 is 0. The Labute approximate surface area is 117 Å². The molecule has 0 aromatic carbocycles. The van der Waals surface area contributed by atoms with Crippen molar-refractivity contribution in [2.45, 2.75) is 52.0 Å². The molecule has 0 saturated carbocycles. The Kier molecular flexibility index (Phi) is 5.49. The Bertz CT molecular complexity index is 283. The van der Waals surface area contributed by atoms with Crippen molar-refractivity contribution in [3.8, 4) is 0 Å². The van der Waals surface area contributed by atoms with Crippen molar-refractivity contribution < 1.29 is 4.79 Å². The molecule has 0 spiro atoms. The Morgan fingerprint density at radius 2 is 1.63 bits per heavy atom. The molecule has 1 unspecified atom stereocenters. The normalized spacial score (nSPS) is 24.9. The van der Waals surface area contributed by atoms with Gasteiger partial charge in [0.2, 0.25) is 0 Å². The third-order valence-electron chi connectivity index (χ3n) is 4.64. The quantitative estimate of drug-likeness (QED) is 0.785. The van der Waals surface area contributed by atoms with Gasteiger partial charge in [-0.3, -0.25) is 4.90 Å². The van der Waals surface area contributed by atoms with Crippen molar-refractivity contribution in [2.75, 3.05) is 39.3 Å². The van der Waals surface area contributed by atoms with Gasteiger partial charge in [-0.25, -0.2) is 4.79 Å². The zero-order valence-corrected chi connectivity index (χ0v) is 12.6. The van der Waals surface area contributed by atoms with Crippen molar-refractivity contribution in [1.29, 1.82) is 0 Å². The van der Waals surface area contributed by atoms with Crippen LogP contribution >= 0.6 is 0 Å². The summed E-state index contributed by atoms with van der Waals surface area (Å²) in [4.78, 5) is 19.2. The van der Waals surface area contributed by atoms with Crippen molar-refractivity contribution in [2.24, 2.45) is 0 Å². The van der Waals surface area contributed by atoms with Gasteiger partial charge in [0.1, 0.15) is 0 Å². The second-order valence-electron chi connectivity index (χ2n) is 5.79. The minimum absolute atomic E-state index is 0.288. The van der Waals surface area contributed by atoms with E-state index in [1.807, 2.05) is 0 Å². The molecule has 2 fully saturated rings. The van der Waals surface area contributed by atoms with Crippen LogP contribution < -0.4 is 0 Å². The van der Waals surface area contributed by atoms with Crippen LogP contribution in [0.15, 0.2) is 0 Å². The van der Waals surface area contributed by atoms with Crippen molar-refractivity contribution in [3.63, 3.8) is 0 Å². The number of likely N-dealkylation sites (N-methyl/N-ethyl adjacent to an activating group) is 1. The van der Waals surface area contributed by atoms with Gasteiger partial charge >= 0.3 is 6.03 Å². The molecule has 4 nitrogen and oxygen atoms in total. The lowest BCUT2D eigenvalue weighted by Gasteiger charge is -2.29. The molecule has 0 bridgehead atoms. The summed E-state index contributed by atoms with van der Waals surface area (Å²) in [5.41, 5.74) is 0. The van der Waals surface area contributed by atoms with E-state index in [-0.39, 0.29) is 6.03 Å². The summed E-state index contributed by atoms with van der Waals surface area (Å²) in [6.45, 7) is 10.4. The molecule has 1 atom stereocenters. The van der Waals surface area contributed by atoms with Gasteiger partial charge in [-0.1, -0.05) is 26.7 Å². The molecule has 0 N–H and O–H groups in total. The molecule has 2 amide bonds. The van der Waals surface area contributed by atoms with Crippen LogP contribution in [0.1, 0.15) is 46.0 Å². The number of carbonyl (C=O) groups is 1. The molecular formula is C15H29N3O. The molecule has 0 aromatic rings. The van der Waals surface area contributed by atoms with Crippen LogP contribution in [0.4, 0.5) is 4.79 Å².